The Morgan fingerprint density at radius 2 is 1.74 bits per heavy atom. The molecule has 1 amide bonds. The summed E-state index contributed by atoms with van der Waals surface area (Å²) in [5, 5.41) is 11.1. The fraction of sp³-hybridized carbons (Fsp3) is 0.385. The lowest BCUT2D eigenvalue weighted by molar-refractivity contribution is -0.140. The van der Waals surface area contributed by atoms with E-state index >= 15 is 0 Å². The smallest absolute Gasteiger partial charge is 0.295 e. The van der Waals surface area contributed by atoms with Crippen LogP contribution < -0.4 is 0 Å². The molecular formula is C26H29NO4. The van der Waals surface area contributed by atoms with Crippen molar-refractivity contribution in [2.75, 3.05) is 13.2 Å². The number of likely N-dealkylation sites (tertiary alicyclic amines) is 1. The van der Waals surface area contributed by atoms with Crippen LogP contribution in [0, 0.1) is 0 Å². The van der Waals surface area contributed by atoms with Gasteiger partial charge in [0.15, 0.2) is 0 Å². The van der Waals surface area contributed by atoms with Gasteiger partial charge < -0.3 is 14.7 Å². The second-order valence-corrected chi connectivity index (χ2v) is 9.32. The molecule has 2 aromatic rings. The Hall–Kier alpha value is -2.92. The van der Waals surface area contributed by atoms with Crippen molar-refractivity contribution < 1.29 is 19.4 Å². The van der Waals surface area contributed by atoms with E-state index in [0.29, 0.717) is 18.7 Å². The number of ether oxygens (including phenoxy) is 1. The van der Waals surface area contributed by atoms with Gasteiger partial charge in [0.25, 0.3) is 11.7 Å². The van der Waals surface area contributed by atoms with Gasteiger partial charge in [0, 0.05) is 18.7 Å². The van der Waals surface area contributed by atoms with Crippen molar-refractivity contribution in [2.45, 2.75) is 51.2 Å². The van der Waals surface area contributed by atoms with Crippen LogP contribution in [0.15, 0.2) is 60.2 Å². The molecule has 0 radical (unpaired) electrons. The zero-order chi connectivity index (χ0) is 22.2. The number of carbonyl (C=O) groups is 2. The summed E-state index contributed by atoms with van der Waals surface area (Å²) in [6.45, 7) is 7.42. The van der Waals surface area contributed by atoms with Crippen molar-refractivity contribution in [2.24, 2.45) is 0 Å². The highest BCUT2D eigenvalue weighted by atomic mass is 16.5. The van der Waals surface area contributed by atoms with Crippen molar-refractivity contribution in [3.63, 3.8) is 0 Å². The van der Waals surface area contributed by atoms with Crippen molar-refractivity contribution in [3.05, 3.63) is 76.9 Å². The number of carbonyl (C=O) groups excluding carboxylic acids is 2. The summed E-state index contributed by atoms with van der Waals surface area (Å²) in [7, 11) is 0. The van der Waals surface area contributed by atoms with Gasteiger partial charge in [-0.1, -0.05) is 75.4 Å². The Labute approximate surface area is 183 Å². The summed E-state index contributed by atoms with van der Waals surface area (Å²) in [5.74, 6) is -1.37. The van der Waals surface area contributed by atoms with Crippen LogP contribution in [0.5, 0.6) is 0 Å². The highest BCUT2D eigenvalue weighted by Crippen LogP contribution is 2.40. The van der Waals surface area contributed by atoms with Crippen LogP contribution in [0.3, 0.4) is 0 Å². The Balaban J connectivity index is 1.81. The van der Waals surface area contributed by atoms with Crippen LogP contribution in [0.4, 0.5) is 0 Å². The molecule has 162 valence electrons. The van der Waals surface area contributed by atoms with Crippen LogP contribution in [-0.4, -0.2) is 41.0 Å². The lowest BCUT2D eigenvalue weighted by atomic mass is 9.85. The summed E-state index contributed by atoms with van der Waals surface area (Å²) in [6, 6.07) is 16.2. The van der Waals surface area contributed by atoms with Crippen molar-refractivity contribution >= 4 is 17.4 Å². The fourth-order valence-corrected chi connectivity index (χ4v) is 4.34. The molecule has 2 heterocycles. The monoisotopic (exact) mass is 419 g/mol. The van der Waals surface area contributed by atoms with Gasteiger partial charge in [0.1, 0.15) is 5.76 Å². The third-order valence-corrected chi connectivity index (χ3v) is 6.10. The van der Waals surface area contributed by atoms with Crippen molar-refractivity contribution in [1.82, 2.24) is 4.90 Å². The number of ketones is 1. The first-order valence-electron chi connectivity index (χ1n) is 10.8. The van der Waals surface area contributed by atoms with Gasteiger partial charge in [-0.05, 0) is 29.4 Å². The first-order valence-corrected chi connectivity index (χ1v) is 10.8. The van der Waals surface area contributed by atoms with E-state index in [2.05, 4.69) is 20.8 Å². The van der Waals surface area contributed by atoms with Crippen molar-refractivity contribution in [3.8, 4) is 0 Å². The number of Topliss-reactive ketones (excluding diaryl/α,β-unsaturated/α-hetero) is 1. The molecule has 31 heavy (non-hydrogen) atoms. The van der Waals surface area contributed by atoms with E-state index in [1.165, 1.54) is 0 Å². The first kappa shape index (κ1) is 21.3. The molecule has 2 aliphatic rings. The maximum atomic E-state index is 13.1. The molecule has 2 atom stereocenters. The first-order chi connectivity index (χ1) is 14.8. The Morgan fingerprint density at radius 3 is 2.32 bits per heavy atom. The standard InChI is InChI=1S/C26H29NO4/c1-26(2,3)19-13-11-17(12-14-19)22-21(23(28)18-8-5-4-6-9-18)24(29)25(30)27(22)16-20-10-7-15-31-20/h4-6,8-9,11-14,20,22,28H,7,10,15-16H2,1-3H3/b23-21+. The fourth-order valence-electron chi connectivity index (χ4n) is 4.34. The molecule has 2 aromatic carbocycles. The molecular weight excluding hydrogens is 390 g/mol. The summed E-state index contributed by atoms with van der Waals surface area (Å²) < 4.78 is 5.74. The van der Waals surface area contributed by atoms with E-state index in [9.17, 15) is 14.7 Å². The number of hydrogen-bond acceptors (Lipinski definition) is 4. The van der Waals surface area contributed by atoms with Crippen LogP contribution in [0.2, 0.25) is 0 Å². The molecule has 0 spiro atoms. The van der Waals surface area contributed by atoms with Gasteiger partial charge in [0.2, 0.25) is 0 Å². The summed E-state index contributed by atoms with van der Waals surface area (Å²) in [4.78, 5) is 27.7. The van der Waals surface area contributed by atoms with E-state index in [4.69, 9.17) is 4.74 Å². The molecule has 5 nitrogen and oxygen atoms in total. The Bertz CT molecular complexity index is 996. The molecule has 0 saturated carbocycles. The van der Waals surface area contributed by atoms with E-state index < -0.39 is 17.7 Å². The van der Waals surface area contributed by atoms with Crippen LogP contribution in [0.1, 0.15) is 56.3 Å². The summed E-state index contributed by atoms with van der Waals surface area (Å²) in [5.41, 5.74) is 2.62. The Morgan fingerprint density at radius 1 is 1.06 bits per heavy atom. The molecule has 0 aliphatic carbocycles. The minimum Gasteiger partial charge on any atom is -0.507 e. The second kappa shape index (κ2) is 8.31. The number of aliphatic hydroxyl groups is 1. The lowest BCUT2D eigenvalue weighted by Gasteiger charge is -2.28. The topological polar surface area (TPSA) is 66.8 Å². The third kappa shape index (κ3) is 4.15. The van der Waals surface area contributed by atoms with Gasteiger partial charge in [-0.15, -0.1) is 0 Å². The minimum atomic E-state index is -0.649. The van der Waals surface area contributed by atoms with E-state index in [1.807, 2.05) is 30.3 Å². The van der Waals surface area contributed by atoms with Crippen LogP contribution in [0.25, 0.3) is 5.76 Å². The van der Waals surface area contributed by atoms with Gasteiger partial charge in [0.05, 0.1) is 17.7 Å². The maximum absolute atomic E-state index is 13.1. The quantitative estimate of drug-likeness (QED) is 0.447. The average molecular weight is 420 g/mol. The summed E-state index contributed by atoms with van der Waals surface area (Å²) in [6.07, 6.45) is 1.72. The zero-order valence-electron chi connectivity index (χ0n) is 18.3. The molecule has 0 bridgehead atoms. The highest BCUT2D eigenvalue weighted by Gasteiger charge is 2.47. The molecule has 2 unspecified atom stereocenters. The molecule has 2 aliphatic heterocycles. The lowest BCUT2D eigenvalue weighted by Crippen LogP contribution is -2.36. The number of benzene rings is 2. The minimum absolute atomic E-state index is 0.0118. The number of amides is 1. The van der Waals surface area contributed by atoms with Crippen LogP contribution in [-0.2, 0) is 19.7 Å². The molecule has 2 fully saturated rings. The molecule has 2 saturated heterocycles. The highest BCUT2D eigenvalue weighted by molar-refractivity contribution is 6.46. The normalized spacial score (nSPS) is 23.5. The number of hydrogen-bond donors (Lipinski definition) is 1. The predicted molar refractivity (Wildman–Crippen MR) is 120 cm³/mol. The van der Waals surface area contributed by atoms with E-state index in [0.717, 1.165) is 24.0 Å². The van der Waals surface area contributed by atoms with Gasteiger partial charge in [-0.3, -0.25) is 9.59 Å². The molecule has 0 aromatic heterocycles. The molecule has 4 rings (SSSR count). The largest absolute Gasteiger partial charge is 0.507 e. The second-order valence-electron chi connectivity index (χ2n) is 9.32. The van der Waals surface area contributed by atoms with Gasteiger partial charge in [-0.25, -0.2) is 0 Å². The number of aliphatic hydroxyl groups excluding tert-OH is 1. The predicted octanol–water partition coefficient (Wildman–Crippen LogP) is 4.58. The average Bonchev–Trinajstić information content (AvgIpc) is 3.36. The SMILES string of the molecule is CC(C)(C)c1ccc(C2/C(=C(\O)c3ccccc3)C(=O)C(=O)N2CC2CCCO2)cc1. The molecule has 5 heteroatoms. The van der Waals surface area contributed by atoms with Crippen LogP contribution >= 0.6 is 0 Å². The maximum Gasteiger partial charge on any atom is 0.295 e. The third-order valence-electron chi connectivity index (χ3n) is 6.10. The van der Waals surface area contributed by atoms with E-state index in [1.54, 1.807) is 29.2 Å². The van der Waals surface area contributed by atoms with Crippen molar-refractivity contribution in [1.29, 1.82) is 0 Å². The summed E-state index contributed by atoms with van der Waals surface area (Å²) >= 11 is 0. The number of nitrogens with zero attached hydrogens (tertiary/aromatic N) is 1. The number of rotatable bonds is 4. The Kier molecular flexibility index (Phi) is 5.71. The van der Waals surface area contributed by atoms with Gasteiger partial charge in [-0.2, -0.15) is 0 Å². The van der Waals surface area contributed by atoms with E-state index in [-0.39, 0.29) is 22.9 Å². The molecule has 1 N–H and O–H groups in total. The zero-order valence-corrected chi connectivity index (χ0v) is 18.3. The van der Waals surface area contributed by atoms with Gasteiger partial charge >= 0.3 is 0 Å².